The second kappa shape index (κ2) is 4.83. The molecule has 4 rings (SSSR count). The van der Waals surface area contributed by atoms with Crippen LogP contribution in [-0.2, 0) is 15.7 Å². The number of halogens is 1. The van der Waals surface area contributed by atoms with Crippen LogP contribution < -0.4 is 10.9 Å². The number of carbonyl (C=O) groups is 1. The lowest BCUT2D eigenvalue weighted by Crippen LogP contribution is -2.41. The molecule has 2 aliphatic rings. The van der Waals surface area contributed by atoms with Gasteiger partial charge in [0.25, 0.3) is 5.91 Å². The van der Waals surface area contributed by atoms with Crippen molar-refractivity contribution in [1.29, 1.82) is 0 Å². The van der Waals surface area contributed by atoms with E-state index in [1.807, 2.05) is 27.7 Å². The van der Waals surface area contributed by atoms with E-state index in [-0.39, 0.29) is 5.91 Å². The summed E-state index contributed by atoms with van der Waals surface area (Å²) in [7, 11) is -0.568. The molecule has 2 N–H and O–H groups in total. The minimum absolute atomic E-state index is 0.252. The lowest BCUT2D eigenvalue weighted by Gasteiger charge is -2.32. The predicted molar refractivity (Wildman–Crippen MR) is 90.0 cm³/mol. The molecule has 2 aliphatic heterocycles. The molecule has 0 bridgehead atoms. The van der Waals surface area contributed by atoms with Crippen LogP contribution >= 0.6 is 0 Å². The molecule has 126 valence electrons. The average molecular weight is 330 g/mol. The first-order valence-corrected chi connectivity index (χ1v) is 8.17. The van der Waals surface area contributed by atoms with Gasteiger partial charge in [0, 0.05) is 23.0 Å². The Morgan fingerprint density at radius 1 is 1.17 bits per heavy atom. The number of carbonyl (C=O) groups excluding carboxylic acids is 1. The van der Waals surface area contributed by atoms with E-state index in [0.29, 0.717) is 24.0 Å². The van der Waals surface area contributed by atoms with E-state index < -0.39 is 24.1 Å². The highest BCUT2D eigenvalue weighted by atomic mass is 19.1. The third kappa shape index (κ3) is 2.11. The number of aromatic amines is 1. The Morgan fingerprint density at radius 2 is 1.83 bits per heavy atom. The van der Waals surface area contributed by atoms with Crippen LogP contribution in [0.3, 0.4) is 0 Å². The summed E-state index contributed by atoms with van der Waals surface area (Å²) >= 11 is 0. The van der Waals surface area contributed by atoms with Gasteiger partial charge in [0.05, 0.1) is 16.8 Å². The zero-order chi connectivity index (χ0) is 17.3. The van der Waals surface area contributed by atoms with Crippen molar-refractivity contribution in [3.8, 4) is 0 Å². The Hall–Kier alpha value is -1.86. The Kier molecular flexibility index (Phi) is 3.15. The van der Waals surface area contributed by atoms with Gasteiger partial charge in [0.15, 0.2) is 0 Å². The number of nitrogens with one attached hydrogen (secondary N) is 2. The number of hydrogen-bond acceptors (Lipinski definition) is 3. The van der Waals surface area contributed by atoms with Crippen molar-refractivity contribution in [3.63, 3.8) is 0 Å². The summed E-state index contributed by atoms with van der Waals surface area (Å²) in [6, 6.07) is 2.70. The van der Waals surface area contributed by atoms with Gasteiger partial charge in [0.1, 0.15) is 5.82 Å². The highest BCUT2D eigenvalue weighted by Crippen LogP contribution is 2.37. The van der Waals surface area contributed by atoms with Crippen molar-refractivity contribution in [2.75, 3.05) is 6.54 Å². The molecule has 0 radical (unpaired) electrons. The van der Waals surface area contributed by atoms with Gasteiger partial charge in [-0.15, -0.1) is 0 Å². The SMILES string of the molecule is CC1(C)OB(c2[nH]c3cc(F)cc4c3c2CCNC4=O)OC1(C)C. The van der Waals surface area contributed by atoms with Crippen LogP contribution in [-0.4, -0.2) is 35.8 Å². The standard InChI is InChI=1S/C17H20BFN2O3/c1-16(2)17(3,4)24-18(23-16)14-10-5-6-20-15(22)11-7-9(19)8-12(21-14)13(10)11/h7-8,21H,5-6H2,1-4H3,(H,20,22). The molecule has 0 atom stereocenters. The van der Waals surface area contributed by atoms with Gasteiger partial charge < -0.3 is 19.6 Å². The summed E-state index contributed by atoms with van der Waals surface area (Å²) in [5.74, 6) is -0.694. The Labute approximate surface area is 140 Å². The molecule has 1 saturated heterocycles. The van der Waals surface area contributed by atoms with Crippen LogP contribution in [0.1, 0.15) is 43.6 Å². The van der Waals surface area contributed by atoms with Crippen molar-refractivity contribution < 1.29 is 18.5 Å². The minimum atomic E-state index is -0.568. The zero-order valence-electron chi connectivity index (χ0n) is 14.2. The number of H-pyrrole nitrogens is 1. The van der Waals surface area contributed by atoms with Gasteiger partial charge >= 0.3 is 7.12 Å². The lowest BCUT2D eigenvalue weighted by atomic mass is 9.80. The summed E-state index contributed by atoms with van der Waals surface area (Å²) < 4.78 is 26.2. The second-order valence-corrected chi connectivity index (χ2v) is 7.49. The maximum absolute atomic E-state index is 13.9. The molecule has 1 aromatic heterocycles. The van der Waals surface area contributed by atoms with E-state index in [1.54, 1.807) is 0 Å². The quantitative estimate of drug-likeness (QED) is 0.785. The molecular weight excluding hydrogens is 310 g/mol. The normalized spacial score (nSPS) is 21.9. The average Bonchev–Trinajstić information content (AvgIpc) is 2.86. The molecule has 2 aromatic rings. The molecule has 3 heterocycles. The molecule has 1 aromatic carbocycles. The Balaban J connectivity index is 1.91. The number of aromatic nitrogens is 1. The van der Waals surface area contributed by atoms with E-state index in [0.717, 1.165) is 16.5 Å². The monoisotopic (exact) mass is 330 g/mol. The smallest absolute Gasteiger partial charge is 0.398 e. The largest absolute Gasteiger partial charge is 0.512 e. The number of amides is 1. The number of rotatable bonds is 1. The highest BCUT2D eigenvalue weighted by Gasteiger charge is 2.53. The van der Waals surface area contributed by atoms with Crippen LogP contribution in [0.25, 0.3) is 10.9 Å². The molecule has 0 saturated carbocycles. The van der Waals surface area contributed by atoms with Gasteiger partial charge in [-0.25, -0.2) is 4.39 Å². The zero-order valence-corrected chi connectivity index (χ0v) is 14.2. The Morgan fingerprint density at radius 3 is 2.50 bits per heavy atom. The van der Waals surface area contributed by atoms with Gasteiger partial charge in [-0.05, 0) is 51.8 Å². The van der Waals surface area contributed by atoms with Crippen LogP contribution in [0.5, 0.6) is 0 Å². The second-order valence-electron chi connectivity index (χ2n) is 7.49. The van der Waals surface area contributed by atoms with Crippen molar-refractivity contribution in [2.45, 2.75) is 45.3 Å². The maximum atomic E-state index is 13.9. The fourth-order valence-corrected chi connectivity index (χ4v) is 3.38. The van der Waals surface area contributed by atoms with Crippen molar-refractivity contribution >= 4 is 29.5 Å². The van der Waals surface area contributed by atoms with Crippen molar-refractivity contribution in [1.82, 2.24) is 10.3 Å². The van der Waals surface area contributed by atoms with Crippen molar-refractivity contribution in [2.24, 2.45) is 0 Å². The minimum Gasteiger partial charge on any atom is -0.398 e. The molecule has 0 aliphatic carbocycles. The Bertz CT molecular complexity index is 843. The number of hydrogen-bond donors (Lipinski definition) is 2. The van der Waals surface area contributed by atoms with E-state index in [1.165, 1.54) is 12.1 Å². The topological polar surface area (TPSA) is 63.3 Å². The van der Waals surface area contributed by atoms with Gasteiger partial charge in [-0.3, -0.25) is 4.79 Å². The van der Waals surface area contributed by atoms with E-state index in [9.17, 15) is 9.18 Å². The van der Waals surface area contributed by atoms with Gasteiger partial charge in [0.2, 0.25) is 0 Å². The van der Waals surface area contributed by atoms with Crippen molar-refractivity contribution in [3.05, 3.63) is 29.1 Å². The summed E-state index contributed by atoms with van der Waals surface area (Å²) in [6.45, 7) is 8.45. The van der Waals surface area contributed by atoms with Crippen LogP contribution in [0.2, 0.25) is 0 Å². The fourth-order valence-electron chi connectivity index (χ4n) is 3.38. The molecule has 7 heteroatoms. The molecule has 5 nitrogen and oxygen atoms in total. The molecule has 1 fully saturated rings. The molecule has 24 heavy (non-hydrogen) atoms. The molecule has 0 unspecified atom stereocenters. The van der Waals surface area contributed by atoms with Crippen LogP contribution in [0.4, 0.5) is 4.39 Å². The third-order valence-electron chi connectivity index (χ3n) is 5.39. The first-order chi connectivity index (χ1) is 11.2. The summed E-state index contributed by atoms with van der Waals surface area (Å²) in [5, 5.41) is 3.57. The van der Waals surface area contributed by atoms with Gasteiger partial charge in [-0.1, -0.05) is 0 Å². The van der Waals surface area contributed by atoms with E-state index >= 15 is 0 Å². The fraction of sp³-hybridized carbons (Fsp3) is 0.471. The van der Waals surface area contributed by atoms with Crippen LogP contribution in [0.15, 0.2) is 12.1 Å². The van der Waals surface area contributed by atoms with E-state index in [2.05, 4.69) is 10.3 Å². The lowest BCUT2D eigenvalue weighted by molar-refractivity contribution is 0.00578. The first-order valence-electron chi connectivity index (χ1n) is 8.17. The summed E-state index contributed by atoms with van der Waals surface area (Å²) in [5.41, 5.74) is 1.76. The predicted octanol–water partition coefficient (Wildman–Crippen LogP) is 1.89. The number of benzene rings is 1. The molecule has 1 amide bonds. The highest BCUT2D eigenvalue weighted by molar-refractivity contribution is 6.62. The first kappa shape index (κ1) is 15.7. The molecular formula is C17H20BFN2O3. The van der Waals surface area contributed by atoms with Crippen LogP contribution in [0, 0.1) is 5.82 Å². The summed E-state index contributed by atoms with van der Waals surface area (Å²) in [6.07, 6.45) is 0.643. The van der Waals surface area contributed by atoms with Gasteiger partial charge in [-0.2, -0.15) is 0 Å². The van der Waals surface area contributed by atoms with E-state index in [4.69, 9.17) is 9.31 Å². The summed E-state index contributed by atoms with van der Waals surface area (Å²) in [4.78, 5) is 15.5. The molecule has 0 spiro atoms. The third-order valence-corrected chi connectivity index (χ3v) is 5.39. The maximum Gasteiger partial charge on any atom is 0.512 e.